The molecule has 2 heterocycles. The molecule has 27 heavy (non-hydrogen) atoms. The van der Waals surface area contributed by atoms with Crippen LogP contribution in [0.5, 0.6) is 11.5 Å². The van der Waals surface area contributed by atoms with Crippen LogP contribution in [-0.2, 0) is 0 Å². The Labute approximate surface area is 161 Å². The summed E-state index contributed by atoms with van der Waals surface area (Å²) in [6.07, 6.45) is 1.57. The van der Waals surface area contributed by atoms with Crippen molar-refractivity contribution in [3.63, 3.8) is 0 Å². The Hall–Kier alpha value is -3.12. The van der Waals surface area contributed by atoms with Crippen LogP contribution in [0.3, 0.4) is 0 Å². The molecule has 4 aromatic rings. The number of aromatic hydroxyl groups is 1. The van der Waals surface area contributed by atoms with Crippen LogP contribution in [0.25, 0.3) is 21.3 Å². The number of fused-ring (bicyclic) bond motifs is 1. The van der Waals surface area contributed by atoms with Crippen molar-refractivity contribution >= 4 is 33.1 Å². The molecule has 0 aliphatic heterocycles. The van der Waals surface area contributed by atoms with Crippen molar-refractivity contribution in [2.45, 2.75) is 13.8 Å². The van der Waals surface area contributed by atoms with E-state index in [1.807, 2.05) is 32.0 Å². The number of aromatic nitrogens is 2. The van der Waals surface area contributed by atoms with Gasteiger partial charge in [-0.05, 0) is 55.3 Å². The number of aryl methyl sites for hydroxylation is 1. The zero-order valence-corrected chi connectivity index (χ0v) is 15.9. The van der Waals surface area contributed by atoms with Crippen molar-refractivity contribution in [1.29, 1.82) is 0 Å². The van der Waals surface area contributed by atoms with Crippen molar-refractivity contribution in [3.05, 3.63) is 59.7 Å². The van der Waals surface area contributed by atoms with Crippen molar-refractivity contribution in [2.24, 2.45) is 0 Å². The van der Waals surface area contributed by atoms with E-state index in [4.69, 9.17) is 4.74 Å². The first-order chi connectivity index (χ1) is 13.2. The Bertz CT molecular complexity index is 1090. The molecule has 0 aliphatic rings. The predicted molar refractivity (Wildman–Crippen MR) is 110 cm³/mol. The zero-order valence-electron chi connectivity index (χ0n) is 15.1. The first-order valence-electron chi connectivity index (χ1n) is 8.68. The van der Waals surface area contributed by atoms with Gasteiger partial charge in [0.25, 0.3) is 0 Å². The van der Waals surface area contributed by atoms with Crippen LogP contribution in [0.1, 0.15) is 12.5 Å². The molecule has 0 aliphatic carbocycles. The van der Waals surface area contributed by atoms with Crippen molar-refractivity contribution in [2.75, 3.05) is 11.9 Å². The fraction of sp³-hybridized carbons (Fsp3) is 0.143. The van der Waals surface area contributed by atoms with E-state index in [1.165, 1.54) is 0 Å². The quantitative estimate of drug-likeness (QED) is 0.449. The molecule has 2 aromatic heterocycles. The molecular weight excluding hydrogens is 358 g/mol. The van der Waals surface area contributed by atoms with Gasteiger partial charge in [-0.25, -0.2) is 9.97 Å². The van der Waals surface area contributed by atoms with E-state index in [-0.39, 0.29) is 5.75 Å². The van der Waals surface area contributed by atoms with E-state index in [9.17, 15) is 5.11 Å². The molecular formula is C21H19N3O2S. The molecule has 2 N–H and O–H groups in total. The molecule has 0 spiro atoms. The number of thiophene rings is 1. The van der Waals surface area contributed by atoms with Gasteiger partial charge in [0.15, 0.2) is 0 Å². The Balaban J connectivity index is 1.77. The number of hydrogen-bond donors (Lipinski definition) is 2. The lowest BCUT2D eigenvalue weighted by molar-refractivity contribution is 0.340. The van der Waals surface area contributed by atoms with Crippen LogP contribution in [0.4, 0.5) is 11.5 Å². The number of rotatable bonds is 5. The molecule has 0 fully saturated rings. The molecule has 2 aromatic carbocycles. The smallest absolute Gasteiger partial charge is 0.143 e. The van der Waals surface area contributed by atoms with Crippen LogP contribution in [0, 0.1) is 6.92 Å². The second-order valence-electron chi connectivity index (χ2n) is 6.13. The number of phenols is 1. The van der Waals surface area contributed by atoms with Crippen molar-refractivity contribution in [1.82, 2.24) is 9.97 Å². The van der Waals surface area contributed by atoms with Gasteiger partial charge in [0.05, 0.1) is 12.0 Å². The maximum atomic E-state index is 9.63. The van der Waals surface area contributed by atoms with Crippen LogP contribution in [-0.4, -0.2) is 21.7 Å². The Morgan fingerprint density at radius 2 is 1.93 bits per heavy atom. The molecule has 0 unspecified atom stereocenters. The SMILES string of the molecule is CCOc1ccc(-c2csc3ncnc(Nc4ccc(O)cc4C)c23)cc1. The fourth-order valence-electron chi connectivity index (χ4n) is 3.00. The second-order valence-corrected chi connectivity index (χ2v) is 6.99. The second kappa shape index (κ2) is 7.25. The van der Waals surface area contributed by atoms with Gasteiger partial charge in [0.2, 0.25) is 0 Å². The van der Waals surface area contributed by atoms with E-state index in [0.717, 1.165) is 44.2 Å². The highest BCUT2D eigenvalue weighted by Gasteiger charge is 2.14. The van der Waals surface area contributed by atoms with Gasteiger partial charge in [-0.1, -0.05) is 12.1 Å². The van der Waals surface area contributed by atoms with Gasteiger partial charge in [-0.2, -0.15) is 0 Å². The Kier molecular flexibility index (Phi) is 4.64. The summed E-state index contributed by atoms with van der Waals surface area (Å²) in [5.41, 5.74) is 4.01. The lowest BCUT2D eigenvalue weighted by Crippen LogP contribution is -1.97. The topological polar surface area (TPSA) is 67.3 Å². The van der Waals surface area contributed by atoms with E-state index < -0.39 is 0 Å². The first-order valence-corrected chi connectivity index (χ1v) is 9.55. The summed E-state index contributed by atoms with van der Waals surface area (Å²) in [5.74, 6) is 1.85. The van der Waals surface area contributed by atoms with Crippen LogP contribution in [0.2, 0.25) is 0 Å². The molecule has 0 radical (unpaired) electrons. The minimum Gasteiger partial charge on any atom is -0.508 e. The molecule has 5 nitrogen and oxygen atoms in total. The number of benzene rings is 2. The van der Waals surface area contributed by atoms with Gasteiger partial charge in [-0.15, -0.1) is 11.3 Å². The van der Waals surface area contributed by atoms with E-state index >= 15 is 0 Å². The standard InChI is InChI=1S/C21H19N3O2S/c1-3-26-16-7-4-14(5-8-16)17-11-27-21-19(17)20(22-12-23-21)24-18-9-6-15(25)10-13(18)2/h4-12,25H,3H2,1-2H3,(H,22,23,24). The molecule has 136 valence electrons. The number of hydrogen-bond acceptors (Lipinski definition) is 6. The third kappa shape index (κ3) is 3.44. The number of anilines is 2. The molecule has 0 saturated heterocycles. The monoisotopic (exact) mass is 377 g/mol. The third-order valence-corrected chi connectivity index (χ3v) is 5.20. The summed E-state index contributed by atoms with van der Waals surface area (Å²) in [5, 5.41) is 16.1. The summed E-state index contributed by atoms with van der Waals surface area (Å²) in [4.78, 5) is 9.81. The number of ether oxygens (including phenoxy) is 1. The van der Waals surface area contributed by atoms with Gasteiger partial charge in [0.1, 0.15) is 28.5 Å². The molecule has 6 heteroatoms. The average molecular weight is 377 g/mol. The Morgan fingerprint density at radius 3 is 2.67 bits per heavy atom. The highest BCUT2D eigenvalue weighted by molar-refractivity contribution is 7.17. The summed E-state index contributed by atoms with van der Waals surface area (Å²) < 4.78 is 5.54. The summed E-state index contributed by atoms with van der Waals surface area (Å²) in [6, 6.07) is 13.3. The predicted octanol–water partition coefficient (Wildman–Crippen LogP) is 5.51. The Morgan fingerprint density at radius 1 is 1.11 bits per heavy atom. The normalized spacial score (nSPS) is 10.9. The maximum Gasteiger partial charge on any atom is 0.143 e. The van der Waals surface area contributed by atoms with Crippen LogP contribution in [0.15, 0.2) is 54.2 Å². The van der Waals surface area contributed by atoms with Crippen LogP contribution < -0.4 is 10.1 Å². The highest BCUT2D eigenvalue weighted by atomic mass is 32.1. The van der Waals surface area contributed by atoms with Gasteiger partial charge >= 0.3 is 0 Å². The highest BCUT2D eigenvalue weighted by Crippen LogP contribution is 2.38. The summed E-state index contributed by atoms with van der Waals surface area (Å²) >= 11 is 1.59. The van der Waals surface area contributed by atoms with Crippen molar-refractivity contribution in [3.8, 4) is 22.6 Å². The molecule has 0 amide bonds. The summed E-state index contributed by atoms with van der Waals surface area (Å²) in [6.45, 7) is 4.57. The minimum atomic E-state index is 0.247. The molecule has 4 rings (SSSR count). The van der Waals surface area contributed by atoms with E-state index in [2.05, 4.69) is 32.8 Å². The average Bonchev–Trinajstić information content (AvgIpc) is 3.10. The molecule has 0 saturated carbocycles. The van der Waals surface area contributed by atoms with Gasteiger partial charge in [-0.3, -0.25) is 0 Å². The minimum absolute atomic E-state index is 0.247. The third-order valence-electron chi connectivity index (χ3n) is 4.31. The summed E-state index contributed by atoms with van der Waals surface area (Å²) in [7, 11) is 0. The first kappa shape index (κ1) is 17.3. The lowest BCUT2D eigenvalue weighted by atomic mass is 10.1. The fourth-order valence-corrected chi connectivity index (χ4v) is 3.91. The number of phenolic OH excluding ortho intramolecular Hbond substituents is 1. The number of nitrogens with one attached hydrogen (secondary N) is 1. The molecule has 0 atom stereocenters. The number of nitrogens with zero attached hydrogens (tertiary/aromatic N) is 2. The van der Waals surface area contributed by atoms with Gasteiger partial charge in [0, 0.05) is 16.6 Å². The van der Waals surface area contributed by atoms with E-state index in [1.54, 1.807) is 29.8 Å². The van der Waals surface area contributed by atoms with Crippen LogP contribution >= 0.6 is 11.3 Å². The molecule has 0 bridgehead atoms. The van der Waals surface area contributed by atoms with Gasteiger partial charge < -0.3 is 15.2 Å². The lowest BCUT2D eigenvalue weighted by Gasteiger charge is -2.11. The zero-order chi connectivity index (χ0) is 18.8. The van der Waals surface area contributed by atoms with Crippen molar-refractivity contribution < 1.29 is 9.84 Å². The van der Waals surface area contributed by atoms with E-state index in [0.29, 0.717) is 6.61 Å². The largest absolute Gasteiger partial charge is 0.508 e. The maximum absolute atomic E-state index is 9.63.